The zero-order chi connectivity index (χ0) is 19.5. The van der Waals surface area contributed by atoms with Crippen molar-refractivity contribution in [3.63, 3.8) is 0 Å². The summed E-state index contributed by atoms with van der Waals surface area (Å²) in [7, 11) is 0. The molecule has 4 rings (SSSR count). The van der Waals surface area contributed by atoms with Crippen LogP contribution >= 0.6 is 11.3 Å². The van der Waals surface area contributed by atoms with Crippen molar-refractivity contribution in [2.75, 3.05) is 42.6 Å². The molecule has 1 aromatic heterocycles. The highest BCUT2D eigenvalue weighted by Crippen LogP contribution is 2.25. The summed E-state index contributed by atoms with van der Waals surface area (Å²) in [6.45, 7) is 1.69. The number of amides is 3. The molecule has 1 N–H and O–H groups in total. The zero-order valence-corrected chi connectivity index (χ0v) is 15.8. The molecule has 28 heavy (non-hydrogen) atoms. The Hall–Kier alpha value is -2.91. The van der Waals surface area contributed by atoms with Crippen molar-refractivity contribution in [2.45, 2.75) is 6.10 Å². The Labute approximate surface area is 165 Å². The van der Waals surface area contributed by atoms with Crippen LogP contribution in [0, 0.1) is 0 Å². The standard InChI is InChI=1S/C19H19N3O5S/c23-17-12-26-8-7-21(17)13-3-5-14(6-4-13)22-11-15(27-19(22)25)10-20-18(24)16-2-1-9-28-16/h1-6,9,15H,7-8,10-12H2,(H,20,24). The van der Waals surface area contributed by atoms with Crippen LogP contribution in [0.3, 0.4) is 0 Å². The van der Waals surface area contributed by atoms with Gasteiger partial charge in [0, 0.05) is 17.9 Å². The van der Waals surface area contributed by atoms with Gasteiger partial charge in [-0.15, -0.1) is 11.3 Å². The van der Waals surface area contributed by atoms with Gasteiger partial charge in [0.25, 0.3) is 11.8 Å². The lowest BCUT2D eigenvalue weighted by atomic mass is 10.2. The molecular formula is C19H19N3O5S. The molecule has 8 nitrogen and oxygen atoms in total. The van der Waals surface area contributed by atoms with Crippen LogP contribution in [0.1, 0.15) is 9.67 Å². The Morgan fingerprint density at radius 3 is 2.57 bits per heavy atom. The Morgan fingerprint density at radius 2 is 1.89 bits per heavy atom. The van der Waals surface area contributed by atoms with Crippen LogP contribution in [0.4, 0.5) is 16.2 Å². The number of carbonyl (C=O) groups is 3. The number of ether oxygens (including phenoxy) is 2. The number of anilines is 2. The maximum absolute atomic E-state index is 12.2. The van der Waals surface area contributed by atoms with Crippen molar-refractivity contribution in [3.8, 4) is 0 Å². The second-order valence-corrected chi connectivity index (χ2v) is 7.37. The lowest BCUT2D eigenvalue weighted by molar-refractivity contribution is -0.125. The van der Waals surface area contributed by atoms with Gasteiger partial charge in [-0.25, -0.2) is 4.79 Å². The van der Waals surface area contributed by atoms with Crippen LogP contribution in [0.2, 0.25) is 0 Å². The maximum Gasteiger partial charge on any atom is 0.414 e. The number of nitrogens with one attached hydrogen (secondary N) is 1. The first-order valence-electron chi connectivity index (χ1n) is 8.90. The summed E-state index contributed by atoms with van der Waals surface area (Å²) in [5, 5.41) is 4.62. The van der Waals surface area contributed by atoms with Gasteiger partial charge < -0.3 is 19.7 Å². The molecule has 1 aromatic carbocycles. The molecule has 0 spiro atoms. The number of morpholine rings is 1. The molecular weight excluding hydrogens is 382 g/mol. The van der Waals surface area contributed by atoms with E-state index in [-0.39, 0.29) is 25.0 Å². The summed E-state index contributed by atoms with van der Waals surface area (Å²) in [5.41, 5.74) is 1.45. The van der Waals surface area contributed by atoms with Crippen molar-refractivity contribution in [1.29, 1.82) is 0 Å². The highest BCUT2D eigenvalue weighted by atomic mass is 32.1. The Bertz CT molecular complexity index is 868. The molecule has 2 aliphatic rings. The average Bonchev–Trinajstić information content (AvgIpc) is 3.37. The quantitative estimate of drug-likeness (QED) is 0.826. The van der Waals surface area contributed by atoms with Crippen molar-refractivity contribution in [3.05, 3.63) is 46.7 Å². The lowest BCUT2D eigenvalue weighted by Gasteiger charge is -2.27. The molecule has 2 fully saturated rings. The van der Waals surface area contributed by atoms with E-state index < -0.39 is 12.2 Å². The number of carbonyl (C=O) groups excluding carboxylic acids is 3. The topological polar surface area (TPSA) is 88.2 Å². The van der Waals surface area contributed by atoms with Gasteiger partial charge in [-0.3, -0.25) is 14.5 Å². The summed E-state index contributed by atoms with van der Waals surface area (Å²) in [6.07, 6.45) is -0.873. The summed E-state index contributed by atoms with van der Waals surface area (Å²) in [4.78, 5) is 40.0. The number of cyclic esters (lactones) is 1. The summed E-state index contributed by atoms with van der Waals surface area (Å²) in [5.74, 6) is -0.259. The second-order valence-electron chi connectivity index (χ2n) is 6.42. The van der Waals surface area contributed by atoms with E-state index in [1.165, 1.54) is 16.2 Å². The van der Waals surface area contributed by atoms with Crippen LogP contribution in [0.15, 0.2) is 41.8 Å². The van der Waals surface area contributed by atoms with Crippen LogP contribution in [-0.4, -0.2) is 56.9 Å². The van der Waals surface area contributed by atoms with E-state index in [0.717, 1.165) is 5.69 Å². The minimum Gasteiger partial charge on any atom is -0.442 e. The molecule has 1 atom stereocenters. The van der Waals surface area contributed by atoms with E-state index in [0.29, 0.717) is 30.3 Å². The fourth-order valence-electron chi connectivity index (χ4n) is 3.14. The van der Waals surface area contributed by atoms with Crippen LogP contribution in [0.25, 0.3) is 0 Å². The fourth-order valence-corrected chi connectivity index (χ4v) is 3.78. The molecule has 2 saturated heterocycles. The van der Waals surface area contributed by atoms with Crippen LogP contribution < -0.4 is 15.1 Å². The van der Waals surface area contributed by atoms with E-state index in [4.69, 9.17) is 9.47 Å². The van der Waals surface area contributed by atoms with E-state index in [2.05, 4.69) is 5.32 Å². The summed E-state index contributed by atoms with van der Waals surface area (Å²) in [6, 6.07) is 10.7. The zero-order valence-electron chi connectivity index (χ0n) is 15.0. The molecule has 3 heterocycles. The molecule has 2 aromatic rings. The molecule has 0 bridgehead atoms. The summed E-state index contributed by atoms with van der Waals surface area (Å²) >= 11 is 1.36. The first-order chi connectivity index (χ1) is 13.6. The predicted molar refractivity (Wildman–Crippen MR) is 104 cm³/mol. The Balaban J connectivity index is 1.36. The highest BCUT2D eigenvalue weighted by molar-refractivity contribution is 7.12. The molecule has 0 radical (unpaired) electrons. The van der Waals surface area contributed by atoms with Crippen molar-refractivity contribution < 1.29 is 23.9 Å². The van der Waals surface area contributed by atoms with Crippen LogP contribution in [0.5, 0.6) is 0 Å². The third-order valence-electron chi connectivity index (χ3n) is 4.57. The van der Waals surface area contributed by atoms with Gasteiger partial charge in [0.2, 0.25) is 0 Å². The van der Waals surface area contributed by atoms with E-state index in [1.807, 2.05) is 11.4 Å². The van der Waals surface area contributed by atoms with Gasteiger partial charge in [0.05, 0.1) is 24.6 Å². The third-order valence-corrected chi connectivity index (χ3v) is 5.44. The number of benzene rings is 1. The van der Waals surface area contributed by atoms with Crippen LogP contribution in [-0.2, 0) is 14.3 Å². The molecule has 9 heteroatoms. The van der Waals surface area contributed by atoms with Crippen molar-refractivity contribution in [2.24, 2.45) is 0 Å². The number of rotatable bonds is 5. The van der Waals surface area contributed by atoms with Gasteiger partial charge in [0.15, 0.2) is 0 Å². The van der Waals surface area contributed by atoms with Crippen molar-refractivity contribution in [1.82, 2.24) is 5.32 Å². The van der Waals surface area contributed by atoms with Gasteiger partial charge in [-0.05, 0) is 35.7 Å². The first kappa shape index (κ1) is 18.5. The van der Waals surface area contributed by atoms with Gasteiger partial charge in [0.1, 0.15) is 12.7 Å². The molecule has 0 saturated carbocycles. The molecule has 146 valence electrons. The number of nitrogens with zero attached hydrogens (tertiary/aromatic N) is 2. The van der Waals surface area contributed by atoms with E-state index >= 15 is 0 Å². The summed E-state index contributed by atoms with van der Waals surface area (Å²) < 4.78 is 10.5. The number of hydrogen-bond donors (Lipinski definition) is 1. The largest absolute Gasteiger partial charge is 0.442 e. The molecule has 2 aliphatic heterocycles. The average molecular weight is 401 g/mol. The van der Waals surface area contributed by atoms with Gasteiger partial charge >= 0.3 is 6.09 Å². The van der Waals surface area contributed by atoms with E-state index in [9.17, 15) is 14.4 Å². The predicted octanol–water partition coefficient (Wildman–Crippen LogP) is 1.87. The Morgan fingerprint density at radius 1 is 1.14 bits per heavy atom. The third kappa shape index (κ3) is 3.85. The van der Waals surface area contributed by atoms with Crippen molar-refractivity contribution >= 4 is 40.6 Å². The SMILES string of the molecule is O=C(NCC1CN(c2ccc(N3CCOCC3=O)cc2)C(=O)O1)c1cccs1. The minimum absolute atomic E-state index is 0.0823. The fraction of sp³-hybridized carbons (Fsp3) is 0.316. The Kier molecular flexibility index (Phi) is 5.27. The monoisotopic (exact) mass is 401 g/mol. The number of thiophene rings is 1. The molecule has 3 amide bonds. The molecule has 0 aliphatic carbocycles. The van der Waals surface area contributed by atoms with Gasteiger partial charge in [-0.1, -0.05) is 6.07 Å². The smallest absolute Gasteiger partial charge is 0.414 e. The second kappa shape index (κ2) is 7.99. The first-order valence-corrected chi connectivity index (χ1v) is 9.78. The highest BCUT2D eigenvalue weighted by Gasteiger charge is 2.32. The minimum atomic E-state index is -0.453. The maximum atomic E-state index is 12.2. The lowest BCUT2D eigenvalue weighted by Crippen LogP contribution is -2.41. The normalized spacial score (nSPS) is 19.6. The van der Waals surface area contributed by atoms with Gasteiger partial charge in [-0.2, -0.15) is 0 Å². The van der Waals surface area contributed by atoms with E-state index in [1.54, 1.807) is 35.2 Å². The number of hydrogen-bond acceptors (Lipinski definition) is 6. The molecule has 1 unspecified atom stereocenters.